The highest BCUT2D eigenvalue weighted by Crippen LogP contribution is 2.29. The zero-order valence-electron chi connectivity index (χ0n) is 11.8. The zero-order valence-corrected chi connectivity index (χ0v) is 14.2. The molecule has 1 heterocycles. The normalized spacial score (nSPS) is 10.8. The number of halogens is 1. The molecule has 0 saturated carbocycles. The molecule has 0 saturated heterocycles. The summed E-state index contributed by atoms with van der Waals surface area (Å²) >= 11 is 5.15. The predicted molar refractivity (Wildman–Crippen MR) is 94.7 cm³/mol. The summed E-state index contributed by atoms with van der Waals surface area (Å²) < 4.78 is 1.09. The van der Waals surface area contributed by atoms with Gasteiger partial charge in [-0.2, -0.15) is 0 Å². The maximum absolute atomic E-state index is 4.76. The summed E-state index contributed by atoms with van der Waals surface area (Å²) in [4.78, 5) is 4.76. The fourth-order valence-corrected chi connectivity index (χ4v) is 3.36. The topological polar surface area (TPSA) is 12.9 Å². The predicted octanol–water partition coefficient (Wildman–Crippen LogP) is 6.19. The Kier molecular flexibility index (Phi) is 4.51. The molecule has 0 atom stereocenters. The first-order valence-corrected chi connectivity index (χ1v) is 8.74. The second kappa shape index (κ2) is 6.54. The van der Waals surface area contributed by atoms with Crippen LogP contribution in [0.2, 0.25) is 0 Å². The number of hydrogen-bond donors (Lipinski definition) is 0. The minimum absolute atomic E-state index is 1.06. The Hall–Kier alpha value is -1.45. The van der Waals surface area contributed by atoms with Crippen LogP contribution in [-0.4, -0.2) is 4.98 Å². The third kappa shape index (κ3) is 3.42. The average molecular weight is 358 g/mol. The van der Waals surface area contributed by atoms with E-state index in [0.29, 0.717) is 0 Å². The third-order valence-corrected chi connectivity index (χ3v) is 4.80. The van der Waals surface area contributed by atoms with Gasteiger partial charge in [-0.3, -0.25) is 0 Å². The SMILES string of the molecule is CCCc1ccc(-c2csc(-c3ccc(Br)cc3)n2)cc1. The highest BCUT2D eigenvalue weighted by molar-refractivity contribution is 9.10. The molecule has 0 spiro atoms. The third-order valence-electron chi connectivity index (χ3n) is 3.38. The van der Waals surface area contributed by atoms with Gasteiger partial charge in [0.25, 0.3) is 0 Å². The quantitative estimate of drug-likeness (QED) is 0.542. The van der Waals surface area contributed by atoms with Crippen molar-refractivity contribution in [2.75, 3.05) is 0 Å². The lowest BCUT2D eigenvalue weighted by Crippen LogP contribution is -1.84. The largest absolute Gasteiger partial charge is 0.236 e. The van der Waals surface area contributed by atoms with Crippen molar-refractivity contribution >= 4 is 27.3 Å². The van der Waals surface area contributed by atoms with Gasteiger partial charge < -0.3 is 0 Å². The maximum atomic E-state index is 4.76. The van der Waals surface area contributed by atoms with E-state index < -0.39 is 0 Å². The molecule has 0 aliphatic rings. The Labute approximate surface area is 137 Å². The van der Waals surface area contributed by atoms with Crippen LogP contribution in [0, 0.1) is 0 Å². The van der Waals surface area contributed by atoms with Crippen LogP contribution < -0.4 is 0 Å². The van der Waals surface area contributed by atoms with Crippen molar-refractivity contribution in [1.29, 1.82) is 0 Å². The summed E-state index contributed by atoms with van der Waals surface area (Å²) in [5.41, 5.74) is 4.80. The summed E-state index contributed by atoms with van der Waals surface area (Å²) in [7, 11) is 0. The van der Waals surface area contributed by atoms with Gasteiger partial charge in [-0.05, 0) is 24.1 Å². The van der Waals surface area contributed by atoms with Gasteiger partial charge in [-0.25, -0.2) is 4.98 Å². The molecule has 0 unspecified atom stereocenters. The van der Waals surface area contributed by atoms with Gasteiger partial charge in [0.05, 0.1) is 5.69 Å². The van der Waals surface area contributed by atoms with E-state index in [1.54, 1.807) is 11.3 Å². The van der Waals surface area contributed by atoms with E-state index in [2.05, 4.69) is 76.8 Å². The van der Waals surface area contributed by atoms with Gasteiger partial charge in [-0.15, -0.1) is 11.3 Å². The Morgan fingerprint density at radius 3 is 2.29 bits per heavy atom. The molecule has 3 rings (SSSR count). The molecule has 0 fully saturated rings. The van der Waals surface area contributed by atoms with Gasteiger partial charge in [0, 0.05) is 21.0 Å². The summed E-state index contributed by atoms with van der Waals surface area (Å²) in [6, 6.07) is 17.0. The van der Waals surface area contributed by atoms with Crippen molar-refractivity contribution in [3.63, 3.8) is 0 Å². The van der Waals surface area contributed by atoms with E-state index in [-0.39, 0.29) is 0 Å². The van der Waals surface area contributed by atoms with Crippen LogP contribution in [0.3, 0.4) is 0 Å². The van der Waals surface area contributed by atoms with E-state index in [0.717, 1.165) is 27.2 Å². The van der Waals surface area contributed by atoms with E-state index in [1.807, 2.05) is 0 Å². The number of rotatable bonds is 4. The minimum Gasteiger partial charge on any atom is -0.236 e. The lowest BCUT2D eigenvalue weighted by molar-refractivity contribution is 0.922. The molecule has 106 valence electrons. The lowest BCUT2D eigenvalue weighted by atomic mass is 10.1. The Bertz CT molecular complexity index is 714. The molecule has 21 heavy (non-hydrogen) atoms. The number of hydrogen-bond acceptors (Lipinski definition) is 2. The smallest absolute Gasteiger partial charge is 0.124 e. The molecule has 0 amide bonds. The van der Waals surface area contributed by atoms with Crippen LogP contribution >= 0.6 is 27.3 Å². The molecule has 2 aromatic carbocycles. The summed E-state index contributed by atoms with van der Waals surface area (Å²) in [5.74, 6) is 0. The first-order valence-electron chi connectivity index (χ1n) is 7.07. The van der Waals surface area contributed by atoms with E-state index in [1.165, 1.54) is 17.5 Å². The Balaban J connectivity index is 1.85. The fourth-order valence-electron chi connectivity index (χ4n) is 2.26. The lowest BCUT2D eigenvalue weighted by Gasteiger charge is -2.01. The second-order valence-corrected chi connectivity index (χ2v) is 6.77. The maximum Gasteiger partial charge on any atom is 0.124 e. The van der Waals surface area contributed by atoms with Gasteiger partial charge in [-0.1, -0.05) is 65.7 Å². The number of thiazole rings is 1. The van der Waals surface area contributed by atoms with Crippen LogP contribution in [0.4, 0.5) is 0 Å². The van der Waals surface area contributed by atoms with E-state index in [4.69, 9.17) is 4.98 Å². The van der Waals surface area contributed by atoms with Crippen LogP contribution in [0.25, 0.3) is 21.8 Å². The number of aromatic nitrogens is 1. The van der Waals surface area contributed by atoms with Crippen LogP contribution in [0.15, 0.2) is 58.4 Å². The van der Waals surface area contributed by atoms with Crippen molar-refractivity contribution in [2.45, 2.75) is 19.8 Å². The van der Waals surface area contributed by atoms with Crippen LogP contribution in [-0.2, 0) is 6.42 Å². The van der Waals surface area contributed by atoms with Gasteiger partial charge in [0.2, 0.25) is 0 Å². The molecular formula is C18H16BrNS. The highest BCUT2D eigenvalue weighted by Gasteiger charge is 2.06. The summed E-state index contributed by atoms with van der Waals surface area (Å²) in [6.45, 7) is 2.21. The van der Waals surface area contributed by atoms with Crippen molar-refractivity contribution in [3.8, 4) is 21.8 Å². The molecule has 0 N–H and O–H groups in total. The molecule has 3 aromatic rings. The summed E-state index contributed by atoms with van der Waals surface area (Å²) in [5, 5.41) is 3.20. The molecule has 1 nitrogen and oxygen atoms in total. The monoisotopic (exact) mass is 357 g/mol. The first kappa shape index (κ1) is 14.5. The second-order valence-electron chi connectivity index (χ2n) is 4.99. The highest BCUT2D eigenvalue weighted by atomic mass is 79.9. The minimum atomic E-state index is 1.06. The fraction of sp³-hybridized carbons (Fsp3) is 0.167. The number of aryl methyl sites for hydroxylation is 1. The Morgan fingerprint density at radius 2 is 1.62 bits per heavy atom. The van der Waals surface area contributed by atoms with Crippen LogP contribution in [0.5, 0.6) is 0 Å². The first-order chi connectivity index (χ1) is 10.3. The molecule has 0 bridgehead atoms. The van der Waals surface area contributed by atoms with E-state index in [9.17, 15) is 0 Å². The molecule has 0 aliphatic carbocycles. The van der Waals surface area contributed by atoms with Crippen LogP contribution in [0.1, 0.15) is 18.9 Å². The van der Waals surface area contributed by atoms with Gasteiger partial charge in [0.15, 0.2) is 0 Å². The molecular weight excluding hydrogens is 342 g/mol. The van der Waals surface area contributed by atoms with E-state index >= 15 is 0 Å². The number of nitrogens with zero attached hydrogens (tertiary/aromatic N) is 1. The molecule has 1 aromatic heterocycles. The van der Waals surface area contributed by atoms with Crippen molar-refractivity contribution in [3.05, 3.63) is 63.9 Å². The molecule has 0 aliphatic heterocycles. The van der Waals surface area contributed by atoms with Gasteiger partial charge >= 0.3 is 0 Å². The number of benzene rings is 2. The molecule has 3 heteroatoms. The van der Waals surface area contributed by atoms with Crippen molar-refractivity contribution < 1.29 is 0 Å². The Morgan fingerprint density at radius 1 is 0.952 bits per heavy atom. The summed E-state index contributed by atoms with van der Waals surface area (Å²) in [6.07, 6.45) is 2.32. The van der Waals surface area contributed by atoms with Gasteiger partial charge in [0.1, 0.15) is 5.01 Å². The van der Waals surface area contributed by atoms with Crippen molar-refractivity contribution in [2.24, 2.45) is 0 Å². The standard InChI is InChI=1S/C18H16BrNS/c1-2-3-13-4-6-14(7-5-13)17-12-21-18(20-17)15-8-10-16(19)11-9-15/h4-12H,2-3H2,1H3. The average Bonchev–Trinajstić information content (AvgIpc) is 2.99. The van der Waals surface area contributed by atoms with Crippen molar-refractivity contribution in [1.82, 2.24) is 4.98 Å². The zero-order chi connectivity index (χ0) is 14.7. The molecule has 0 radical (unpaired) electrons.